The number of rotatable bonds is 2. The highest BCUT2D eigenvalue weighted by Gasteiger charge is 2.33. The Labute approximate surface area is 134 Å². The fourth-order valence-corrected chi connectivity index (χ4v) is 2.95. The van der Waals surface area contributed by atoms with Crippen molar-refractivity contribution in [2.45, 2.75) is 26.4 Å². The number of pyridine rings is 1. The van der Waals surface area contributed by atoms with E-state index in [2.05, 4.69) is 15.4 Å². The summed E-state index contributed by atoms with van der Waals surface area (Å²) in [7, 11) is 1.59. The van der Waals surface area contributed by atoms with Gasteiger partial charge in [0.15, 0.2) is 0 Å². The summed E-state index contributed by atoms with van der Waals surface area (Å²) in [5, 5.41) is 6.84. The molecule has 7 heteroatoms. The van der Waals surface area contributed by atoms with Gasteiger partial charge < -0.3 is 10.2 Å². The molecule has 2 aromatic heterocycles. The normalized spacial score (nSPS) is 16.8. The van der Waals surface area contributed by atoms with Gasteiger partial charge in [0.05, 0.1) is 18.8 Å². The molecular weight excluding hydrogens is 294 g/mol. The van der Waals surface area contributed by atoms with Crippen LogP contribution in [-0.2, 0) is 11.3 Å². The molecule has 0 saturated carbocycles. The summed E-state index contributed by atoms with van der Waals surface area (Å²) in [5.74, 6) is -0.255. The second-order valence-corrected chi connectivity index (χ2v) is 5.72. The summed E-state index contributed by atoms with van der Waals surface area (Å²) in [6.45, 7) is 4.46. The van der Waals surface area contributed by atoms with Gasteiger partial charge in [0.2, 0.25) is 5.91 Å². The summed E-state index contributed by atoms with van der Waals surface area (Å²) >= 11 is 0. The standard InChI is InChI=1S/C16H19N5O2/c1-10-6-12(7-11(2)19-10)16(23)20-8-13-4-5-18-21(13)14(9-20)15(22)17-3/h4-7,14H,8-9H2,1-3H3,(H,17,22). The number of aryl methyl sites for hydroxylation is 2. The van der Waals surface area contributed by atoms with Crippen LogP contribution in [0.15, 0.2) is 24.4 Å². The lowest BCUT2D eigenvalue weighted by Crippen LogP contribution is -2.46. The zero-order valence-corrected chi connectivity index (χ0v) is 13.4. The van der Waals surface area contributed by atoms with Gasteiger partial charge in [0.1, 0.15) is 6.04 Å². The summed E-state index contributed by atoms with van der Waals surface area (Å²) in [6, 6.07) is 4.87. The monoisotopic (exact) mass is 313 g/mol. The first-order valence-corrected chi connectivity index (χ1v) is 7.48. The molecule has 0 fully saturated rings. The number of amides is 2. The summed E-state index contributed by atoms with van der Waals surface area (Å²) in [4.78, 5) is 30.9. The topological polar surface area (TPSA) is 80.1 Å². The van der Waals surface area contributed by atoms with Crippen molar-refractivity contribution in [1.29, 1.82) is 0 Å². The Morgan fingerprint density at radius 1 is 1.26 bits per heavy atom. The Hall–Kier alpha value is -2.70. The molecule has 0 radical (unpaired) electrons. The molecule has 0 bridgehead atoms. The van der Waals surface area contributed by atoms with Crippen molar-refractivity contribution in [3.05, 3.63) is 47.0 Å². The fraction of sp³-hybridized carbons (Fsp3) is 0.375. The van der Waals surface area contributed by atoms with E-state index in [1.54, 1.807) is 35.0 Å². The average molecular weight is 313 g/mol. The number of hydrogen-bond donors (Lipinski definition) is 1. The van der Waals surface area contributed by atoms with Crippen LogP contribution in [0.5, 0.6) is 0 Å². The Morgan fingerprint density at radius 3 is 2.61 bits per heavy atom. The van der Waals surface area contributed by atoms with Crippen LogP contribution in [0, 0.1) is 13.8 Å². The van der Waals surface area contributed by atoms with E-state index in [9.17, 15) is 9.59 Å². The quantitative estimate of drug-likeness (QED) is 0.891. The van der Waals surface area contributed by atoms with Crippen molar-refractivity contribution in [3.63, 3.8) is 0 Å². The second-order valence-electron chi connectivity index (χ2n) is 5.72. The van der Waals surface area contributed by atoms with E-state index in [-0.39, 0.29) is 11.8 Å². The largest absolute Gasteiger partial charge is 0.357 e. The van der Waals surface area contributed by atoms with Crippen molar-refractivity contribution < 1.29 is 9.59 Å². The van der Waals surface area contributed by atoms with Gasteiger partial charge in [0.25, 0.3) is 5.91 Å². The highest BCUT2D eigenvalue weighted by molar-refractivity contribution is 5.95. The van der Waals surface area contributed by atoms with Gasteiger partial charge in [-0.15, -0.1) is 0 Å². The van der Waals surface area contributed by atoms with Crippen LogP contribution in [0.25, 0.3) is 0 Å². The lowest BCUT2D eigenvalue weighted by atomic mass is 10.1. The molecule has 23 heavy (non-hydrogen) atoms. The van der Waals surface area contributed by atoms with E-state index in [1.165, 1.54) is 0 Å². The molecule has 0 aliphatic carbocycles. The molecular formula is C16H19N5O2. The smallest absolute Gasteiger partial charge is 0.254 e. The molecule has 1 atom stereocenters. The van der Waals surface area contributed by atoms with Crippen LogP contribution in [0.2, 0.25) is 0 Å². The molecule has 1 N–H and O–H groups in total. The zero-order chi connectivity index (χ0) is 16.6. The summed E-state index contributed by atoms with van der Waals surface area (Å²) in [6.07, 6.45) is 1.65. The first kappa shape index (κ1) is 15.2. The van der Waals surface area contributed by atoms with Gasteiger partial charge in [0, 0.05) is 30.2 Å². The molecule has 2 aromatic rings. The molecule has 2 amide bonds. The summed E-state index contributed by atoms with van der Waals surface area (Å²) < 4.78 is 1.69. The maximum Gasteiger partial charge on any atom is 0.254 e. The minimum atomic E-state index is -0.508. The van der Waals surface area contributed by atoms with E-state index >= 15 is 0 Å². The minimum Gasteiger partial charge on any atom is -0.357 e. The van der Waals surface area contributed by atoms with Gasteiger partial charge >= 0.3 is 0 Å². The highest BCUT2D eigenvalue weighted by atomic mass is 16.2. The highest BCUT2D eigenvalue weighted by Crippen LogP contribution is 2.22. The Morgan fingerprint density at radius 2 is 1.96 bits per heavy atom. The van der Waals surface area contributed by atoms with Gasteiger partial charge in [-0.25, -0.2) is 0 Å². The Balaban J connectivity index is 1.92. The second kappa shape index (κ2) is 5.83. The number of carbonyl (C=O) groups is 2. The number of likely N-dealkylation sites (N-methyl/N-ethyl adjacent to an activating group) is 1. The van der Waals surface area contributed by atoms with E-state index in [4.69, 9.17) is 0 Å². The summed E-state index contributed by atoms with van der Waals surface area (Å²) in [5.41, 5.74) is 3.05. The van der Waals surface area contributed by atoms with Gasteiger partial charge in [-0.1, -0.05) is 0 Å². The van der Waals surface area contributed by atoms with Crippen LogP contribution in [0.1, 0.15) is 33.5 Å². The fourth-order valence-electron chi connectivity index (χ4n) is 2.95. The molecule has 0 aromatic carbocycles. The van der Waals surface area contributed by atoms with E-state index in [0.717, 1.165) is 17.1 Å². The van der Waals surface area contributed by atoms with Gasteiger partial charge in [-0.3, -0.25) is 19.3 Å². The number of aromatic nitrogens is 3. The van der Waals surface area contributed by atoms with Crippen LogP contribution in [0.4, 0.5) is 0 Å². The third kappa shape index (κ3) is 2.81. The number of carbonyl (C=O) groups excluding carboxylic acids is 2. The Kier molecular flexibility index (Phi) is 3.85. The van der Waals surface area contributed by atoms with Crippen molar-refractivity contribution in [1.82, 2.24) is 25.0 Å². The number of nitrogens with zero attached hydrogens (tertiary/aromatic N) is 4. The molecule has 3 rings (SSSR count). The first-order chi connectivity index (χ1) is 11.0. The third-order valence-electron chi connectivity index (χ3n) is 3.96. The predicted octanol–water partition coefficient (Wildman–Crippen LogP) is 0.838. The van der Waals surface area contributed by atoms with Crippen molar-refractivity contribution in [2.75, 3.05) is 13.6 Å². The van der Waals surface area contributed by atoms with E-state index < -0.39 is 6.04 Å². The number of fused-ring (bicyclic) bond motifs is 1. The molecule has 1 unspecified atom stereocenters. The number of nitrogens with one attached hydrogen (secondary N) is 1. The molecule has 7 nitrogen and oxygen atoms in total. The van der Waals surface area contributed by atoms with E-state index in [1.807, 2.05) is 19.9 Å². The molecule has 0 saturated heterocycles. The SMILES string of the molecule is CNC(=O)C1CN(C(=O)c2cc(C)nc(C)c2)Cc2ccnn21. The molecule has 1 aliphatic rings. The predicted molar refractivity (Wildman–Crippen MR) is 83.8 cm³/mol. The van der Waals surface area contributed by atoms with Crippen molar-refractivity contribution >= 4 is 11.8 Å². The lowest BCUT2D eigenvalue weighted by molar-refractivity contribution is -0.125. The van der Waals surface area contributed by atoms with Crippen LogP contribution < -0.4 is 5.32 Å². The van der Waals surface area contributed by atoms with Crippen LogP contribution >= 0.6 is 0 Å². The zero-order valence-electron chi connectivity index (χ0n) is 13.4. The maximum absolute atomic E-state index is 12.8. The van der Waals surface area contributed by atoms with Gasteiger partial charge in [-0.05, 0) is 32.0 Å². The lowest BCUT2D eigenvalue weighted by Gasteiger charge is -2.33. The molecule has 1 aliphatic heterocycles. The van der Waals surface area contributed by atoms with Crippen molar-refractivity contribution in [2.24, 2.45) is 0 Å². The molecule has 3 heterocycles. The molecule has 0 spiro atoms. The van der Waals surface area contributed by atoms with Crippen LogP contribution in [0.3, 0.4) is 0 Å². The number of hydrogen-bond acceptors (Lipinski definition) is 4. The first-order valence-electron chi connectivity index (χ1n) is 7.48. The van der Waals surface area contributed by atoms with E-state index in [0.29, 0.717) is 18.7 Å². The molecule has 120 valence electrons. The van der Waals surface area contributed by atoms with Gasteiger partial charge in [-0.2, -0.15) is 5.10 Å². The third-order valence-corrected chi connectivity index (χ3v) is 3.96. The van der Waals surface area contributed by atoms with Crippen molar-refractivity contribution in [3.8, 4) is 0 Å². The van der Waals surface area contributed by atoms with Crippen LogP contribution in [-0.4, -0.2) is 45.1 Å². The minimum absolute atomic E-state index is 0.0973. The Bertz CT molecular complexity index is 747. The average Bonchev–Trinajstić information content (AvgIpc) is 2.99. The maximum atomic E-state index is 12.8.